The Labute approximate surface area is 148 Å². The van der Waals surface area contributed by atoms with Crippen molar-refractivity contribution >= 4 is 28.9 Å². The molecule has 0 spiro atoms. The summed E-state index contributed by atoms with van der Waals surface area (Å²) in [5.74, 6) is -0.183. The number of β-amino-alcohol motifs (C(OH)–C–C–N with tert-alkyl or cyclic N) is 1. The zero-order valence-corrected chi connectivity index (χ0v) is 13.7. The van der Waals surface area contributed by atoms with Gasteiger partial charge in [0.05, 0.1) is 18.3 Å². The molecule has 26 heavy (non-hydrogen) atoms. The van der Waals surface area contributed by atoms with Crippen molar-refractivity contribution in [2.75, 3.05) is 13.1 Å². The number of aliphatic imine (C=N–C) groups is 1. The SMILES string of the molecule is OC1CN=C(c2cc(F)c3[nH]nc(/C=C/c4ccc(F)cc4)c3c2)NC1. The first-order valence-electron chi connectivity index (χ1n) is 8.18. The molecular weight excluding hydrogens is 338 g/mol. The van der Waals surface area contributed by atoms with Crippen LogP contribution < -0.4 is 5.32 Å². The zero-order valence-electron chi connectivity index (χ0n) is 13.7. The van der Waals surface area contributed by atoms with Crippen molar-refractivity contribution < 1.29 is 13.9 Å². The summed E-state index contributed by atoms with van der Waals surface area (Å²) in [6, 6.07) is 9.24. The van der Waals surface area contributed by atoms with Gasteiger partial charge in [-0.25, -0.2) is 8.78 Å². The van der Waals surface area contributed by atoms with Gasteiger partial charge in [0.1, 0.15) is 23.0 Å². The van der Waals surface area contributed by atoms with E-state index in [-0.39, 0.29) is 12.4 Å². The number of benzene rings is 2. The maximum Gasteiger partial charge on any atom is 0.149 e. The number of amidine groups is 1. The fourth-order valence-corrected chi connectivity index (χ4v) is 2.84. The van der Waals surface area contributed by atoms with Crippen molar-refractivity contribution in [3.05, 3.63) is 64.9 Å². The molecule has 0 saturated heterocycles. The topological polar surface area (TPSA) is 73.3 Å². The molecule has 2 heterocycles. The third-order valence-corrected chi connectivity index (χ3v) is 4.20. The van der Waals surface area contributed by atoms with Gasteiger partial charge in [-0.1, -0.05) is 18.2 Å². The van der Waals surface area contributed by atoms with E-state index in [2.05, 4.69) is 20.5 Å². The summed E-state index contributed by atoms with van der Waals surface area (Å²) in [5, 5.41) is 20.0. The fourth-order valence-electron chi connectivity index (χ4n) is 2.84. The standard InChI is InChI=1S/C19H16F2N4O/c20-13-4-1-11(2-5-13)3-6-17-15-7-12(8-16(21)18(15)25-24-17)19-22-9-14(26)10-23-19/h1-8,14,26H,9-10H2,(H,22,23)(H,24,25)/b6-3+. The molecule has 1 aromatic heterocycles. The van der Waals surface area contributed by atoms with Crippen molar-refractivity contribution in [3.63, 3.8) is 0 Å². The second-order valence-corrected chi connectivity index (χ2v) is 6.10. The van der Waals surface area contributed by atoms with E-state index in [1.807, 2.05) is 0 Å². The molecule has 0 radical (unpaired) electrons. The first-order chi connectivity index (χ1) is 12.6. The molecule has 2 aromatic carbocycles. The predicted octanol–water partition coefficient (Wildman–Crippen LogP) is 2.72. The lowest BCUT2D eigenvalue weighted by molar-refractivity contribution is 0.181. The van der Waals surface area contributed by atoms with Gasteiger partial charge in [0.15, 0.2) is 0 Å². The number of aliphatic hydroxyl groups is 1. The van der Waals surface area contributed by atoms with Gasteiger partial charge >= 0.3 is 0 Å². The molecule has 4 rings (SSSR count). The molecule has 5 nitrogen and oxygen atoms in total. The number of nitrogens with zero attached hydrogens (tertiary/aromatic N) is 2. The van der Waals surface area contributed by atoms with Crippen LogP contribution in [-0.4, -0.2) is 40.3 Å². The molecule has 1 unspecified atom stereocenters. The van der Waals surface area contributed by atoms with Crippen LogP contribution in [0.2, 0.25) is 0 Å². The highest BCUT2D eigenvalue weighted by molar-refractivity contribution is 6.03. The lowest BCUT2D eigenvalue weighted by atomic mass is 10.1. The fraction of sp³-hybridized carbons (Fsp3) is 0.158. The predicted molar refractivity (Wildman–Crippen MR) is 96.8 cm³/mol. The van der Waals surface area contributed by atoms with Gasteiger partial charge in [0.25, 0.3) is 0 Å². The summed E-state index contributed by atoms with van der Waals surface area (Å²) in [4.78, 5) is 4.25. The highest BCUT2D eigenvalue weighted by Gasteiger charge is 2.17. The first kappa shape index (κ1) is 16.4. The second kappa shape index (κ2) is 6.68. The average Bonchev–Trinajstić information content (AvgIpc) is 3.05. The van der Waals surface area contributed by atoms with Gasteiger partial charge in [-0.3, -0.25) is 10.1 Å². The van der Waals surface area contributed by atoms with Crippen LogP contribution >= 0.6 is 0 Å². The molecule has 1 aliphatic rings. The molecule has 132 valence electrons. The molecule has 3 N–H and O–H groups in total. The van der Waals surface area contributed by atoms with E-state index in [4.69, 9.17) is 0 Å². The third kappa shape index (κ3) is 3.21. The number of H-pyrrole nitrogens is 1. The van der Waals surface area contributed by atoms with Crippen LogP contribution in [0.1, 0.15) is 16.8 Å². The van der Waals surface area contributed by atoms with Gasteiger partial charge < -0.3 is 10.4 Å². The largest absolute Gasteiger partial charge is 0.389 e. The minimum absolute atomic E-state index is 0.282. The highest BCUT2D eigenvalue weighted by Crippen LogP contribution is 2.23. The molecule has 3 aromatic rings. The number of nitrogens with one attached hydrogen (secondary N) is 2. The maximum atomic E-state index is 14.4. The second-order valence-electron chi connectivity index (χ2n) is 6.10. The first-order valence-corrected chi connectivity index (χ1v) is 8.18. The van der Waals surface area contributed by atoms with Gasteiger partial charge in [0, 0.05) is 17.5 Å². The number of rotatable bonds is 3. The number of hydrogen-bond donors (Lipinski definition) is 3. The van der Waals surface area contributed by atoms with Crippen LogP contribution in [0.3, 0.4) is 0 Å². The van der Waals surface area contributed by atoms with Crippen molar-refractivity contribution in [3.8, 4) is 0 Å². The van der Waals surface area contributed by atoms with Crippen molar-refractivity contribution in [2.45, 2.75) is 6.10 Å². The Morgan fingerprint density at radius 1 is 1.12 bits per heavy atom. The van der Waals surface area contributed by atoms with E-state index in [0.29, 0.717) is 34.5 Å². The van der Waals surface area contributed by atoms with Crippen molar-refractivity contribution in [1.82, 2.24) is 15.5 Å². The molecule has 0 fully saturated rings. The van der Waals surface area contributed by atoms with Gasteiger partial charge in [0.2, 0.25) is 0 Å². The molecule has 0 saturated carbocycles. The Morgan fingerprint density at radius 3 is 2.65 bits per heavy atom. The third-order valence-electron chi connectivity index (χ3n) is 4.20. The Bertz CT molecular complexity index is 1010. The van der Waals surface area contributed by atoms with E-state index < -0.39 is 11.9 Å². The van der Waals surface area contributed by atoms with E-state index >= 15 is 0 Å². The van der Waals surface area contributed by atoms with Crippen LogP contribution in [-0.2, 0) is 0 Å². The molecule has 1 aliphatic heterocycles. The minimum atomic E-state index is -0.532. The molecule has 7 heteroatoms. The van der Waals surface area contributed by atoms with Crippen molar-refractivity contribution in [2.24, 2.45) is 4.99 Å². The van der Waals surface area contributed by atoms with E-state index in [9.17, 15) is 13.9 Å². The summed E-state index contributed by atoms with van der Waals surface area (Å²) >= 11 is 0. The molecule has 0 amide bonds. The summed E-state index contributed by atoms with van der Waals surface area (Å²) < 4.78 is 27.4. The Kier molecular flexibility index (Phi) is 4.22. The Morgan fingerprint density at radius 2 is 1.92 bits per heavy atom. The summed E-state index contributed by atoms with van der Waals surface area (Å²) in [6.45, 7) is 0.659. The molecular formula is C19H16F2N4O. The molecule has 1 atom stereocenters. The van der Waals surface area contributed by atoms with E-state index in [1.54, 1.807) is 30.4 Å². The monoisotopic (exact) mass is 354 g/mol. The van der Waals surface area contributed by atoms with E-state index in [1.165, 1.54) is 18.2 Å². The van der Waals surface area contributed by atoms with Gasteiger partial charge in [-0.05, 0) is 35.9 Å². The quantitative estimate of drug-likeness (QED) is 0.677. The van der Waals surface area contributed by atoms with Crippen LogP contribution in [0, 0.1) is 11.6 Å². The smallest absolute Gasteiger partial charge is 0.149 e. The maximum absolute atomic E-state index is 14.4. The minimum Gasteiger partial charge on any atom is -0.389 e. The van der Waals surface area contributed by atoms with Gasteiger partial charge in [-0.2, -0.15) is 5.10 Å². The number of halogens is 2. The molecule has 0 bridgehead atoms. The normalized spacial score (nSPS) is 17.5. The lowest BCUT2D eigenvalue weighted by Gasteiger charge is -2.19. The van der Waals surface area contributed by atoms with Crippen LogP contribution in [0.5, 0.6) is 0 Å². The van der Waals surface area contributed by atoms with Crippen LogP contribution in [0.25, 0.3) is 23.1 Å². The number of aliphatic hydroxyl groups excluding tert-OH is 1. The number of fused-ring (bicyclic) bond motifs is 1. The van der Waals surface area contributed by atoms with E-state index in [0.717, 1.165) is 5.56 Å². The highest BCUT2D eigenvalue weighted by atomic mass is 19.1. The summed E-state index contributed by atoms with van der Waals surface area (Å²) in [5.41, 5.74) is 2.29. The Hall–Kier alpha value is -3.06. The summed E-state index contributed by atoms with van der Waals surface area (Å²) in [6.07, 6.45) is 3.00. The number of aromatic amines is 1. The van der Waals surface area contributed by atoms with Crippen molar-refractivity contribution in [1.29, 1.82) is 0 Å². The lowest BCUT2D eigenvalue weighted by Crippen LogP contribution is -2.39. The van der Waals surface area contributed by atoms with Gasteiger partial charge in [-0.15, -0.1) is 0 Å². The van der Waals surface area contributed by atoms with Crippen LogP contribution in [0.15, 0.2) is 41.4 Å². The Balaban J connectivity index is 1.71. The number of hydrogen-bond acceptors (Lipinski definition) is 4. The summed E-state index contributed by atoms with van der Waals surface area (Å²) in [7, 11) is 0. The molecule has 0 aliphatic carbocycles. The zero-order chi connectivity index (χ0) is 18.1. The number of aromatic nitrogens is 2. The van der Waals surface area contributed by atoms with Crippen LogP contribution in [0.4, 0.5) is 8.78 Å². The average molecular weight is 354 g/mol.